The highest BCUT2D eigenvalue weighted by Crippen LogP contribution is 2.29. The summed E-state index contributed by atoms with van der Waals surface area (Å²) < 4.78 is 12.2. The molecule has 3 heterocycles. The molecule has 7 nitrogen and oxygen atoms in total. The van der Waals surface area contributed by atoms with Crippen LogP contribution >= 0.6 is 0 Å². The third-order valence-electron chi connectivity index (χ3n) is 4.34. The number of pyridine rings is 1. The molecule has 2 N–H and O–H groups in total. The van der Waals surface area contributed by atoms with Crippen LogP contribution in [0.2, 0.25) is 0 Å². The Morgan fingerprint density at radius 2 is 2.24 bits per heavy atom. The van der Waals surface area contributed by atoms with Crippen molar-refractivity contribution in [1.82, 2.24) is 9.61 Å². The van der Waals surface area contributed by atoms with Gasteiger partial charge in [-0.2, -0.15) is 9.61 Å². The molecule has 1 unspecified atom stereocenters. The Morgan fingerprint density at radius 3 is 2.88 bits per heavy atom. The lowest BCUT2D eigenvalue weighted by Crippen LogP contribution is -2.11. The Morgan fingerprint density at radius 1 is 1.44 bits per heavy atom. The van der Waals surface area contributed by atoms with Crippen molar-refractivity contribution in [2.75, 3.05) is 13.7 Å². The minimum atomic E-state index is -1.32. The first kappa shape index (κ1) is 17.3. The fourth-order valence-corrected chi connectivity index (χ4v) is 2.93. The van der Waals surface area contributed by atoms with E-state index in [2.05, 4.69) is 5.10 Å². The molecule has 0 saturated carbocycles. The van der Waals surface area contributed by atoms with E-state index in [4.69, 9.17) is 9.47 Å². The van der Waals surface area contributed by atoms with E-state index in [1.54, 1.807) is 25.1 Å². The summed E-state index contributed by atoms with van der Waals surface area (Å²) in [5, 5.41) is 25.1. The van der Waals surface area contributed by atoms with Crippen LogP contribution in [0.5, 0.6) is 5.88 Å². The smallest absolute Gasteiger partial charge is 0.214 e. The number of carbonyl (C=O) groups excluding carboxylic acids is 1. The monoisotopic (exact) mass is 346 g/mol. The molecule has 1 saturated heterocycles. The molecule has 25 heavy (non-hydrogen) atoms. The highest BCUT2D eigenvalue weighted by atomic mass is 16.5. The summed E-state index contributed by atoms with van der Waals surface area (Å²) in [6.07, 6.45) is 1.46. The second-order valence-corrected chi connectivity index (χ2v) is 5.95. The molecule has 3 rings (SSSR count). The summed E-state index contributed by atoms with van der Waals surface area (Å²) in [5.74, 6) is 0.562. The lowest BCUT2D eigenvalue weighted by atomic mass is 10.1. The highest BCUT2D eigenvalue weighted by molar-refractivity contribution is 6.02. The van der Waals surface area contributed by atoms with Gasteiger partial charge in [-0.15, -0.1) is 0 Å². The second-order valence-electron chi connectivity index (χ2n) is 5.95. The average Bonchev–Trinajstić information content (AvgIpc) is 3.11. The number of Topliss-reactive ketones (excluding diaryl/α,β-unsaturated/α-hetero) is 1. The van der Waals surface area contributed by atoms with Gasteiger partial charge in [0.15, 0.2) is 17.6 Å². The van der Waals surface area contributed by atoms with Crippen LogP contribution in [-0.2, 0) is 4.74 Å². The van der Waals surface area contributed by atoms with Gasteiger partial charge >= 0.3 is 0 Å². The van der Waals surface area contributed by atoms with Crippen LogP contribution in [0.3, 0.4) is 0 Å². The van der Waals surface area contributed by atoms with Crippen molar-refractivity contribution in [3.05, 3.63) is 41.0 Å². The molecule has 2 aromatic rings. The Hall–Kier alpha value is -2.54. The van der Waals surface area contributed by atoms with Crippen molar-refractivity contribution in [3.63, 3.8) is 0 Å². The molecule has 0 aliphatic carbocycles. The number of aliphatic hydroxyl groups excluding tert-OH is 2. The molecule has 0 amide bonds. The van der Waals surface area contributed by atoms with Crippen molar-refractivity contribution in [2.24, 2.45) is 0 Å². The van der Waals surface area contributed by atoms with Crippen LogP contribution in [0.1, 0.15) is 54.8 Å². The second kappa shape index (κ2) is 7.14. The number of nitrogens with zero attached hydrogens (tertiary/aromatic N) is 2. The summed E-state index contributed by atoms with van der Waals surface area (Å²) >= 11 is 0. The number of fused-ring (bicyclic) bond motifs is 1. The predicted molar refractivity (Wildman–Crippen MR) is 90.8 cm³/mol. The van der Waals surface area contributed by atoms with Crippen LogP contribution in [0.4, 0.5) is 0 Å². The van der Waals surface area contributed by atoms with E-state index < -0.39 is 6.10 Å². The van der Waals surface area contributed by atoms with Gasteiger partial charge in [-0.25, -0.2) is 0 Å². The Labute approximate surface area is 145 Å². The van der Waals surface area contributed by atoms with Crippen LogP contribution in [0.15, 0.2) is 29.7 Å². The maximum Gasteiger partial charge on any atom is 0.214 e. The zero-order valence-electron chi connectivity index (χ0n) is 14.4. The van der Waals surface area contributed by atoms with Gasteiger partial charge in [-0.1, -0.05) is 6.92 Å². The minimum Gasteiger partial charge on any atom is -0.506 e. The lowest BCUT2D eigenvalue weighted by Gasteiger charge is -2.19. The molecule has 0 spiro atoms. The van der Waals surface area contributed by atoms with E-state index in [1.807, 2.05) is 0 Å². The molecular formula is C18H22N2O5. The molecule has 1 aliphatic heterocycles. The number of rotatable bonds is 5. The number of carbonyl (C=O) groups is 1. The summed E-state index contributed by atoms with van der Waals surface area (Å²) in [5.41, 5.74) is 1.26. The fraction of sp³-hybridized carbons (Fsp3) is 0.444. The maximum atomic E-state index is 12.2. The van der Waals surface area contributed by atoms with Gasteiger partial charge in [-0.3, -0.25) is 4.79 Å². The maximum absolute atomic E-state index is 12.2. The number of aliphatic hydroxyl groups is 2. The van der Waals surface area contributed by atoms with Crippen LogP contribution < -0.4 is 4.74 Å². The number of hydrogen-bond donors (Lipinski definition) is 2. The molecule has 1 fully saturated rings. The van der Waals surface area contributed by atoms with E-state index in [-0.39, 0.29) is 17.2 Å². The first-order chi connectivity index (χ1) is 12.1. The summed E-state index contributed by atoms with van der Waals surface area (Å²) in [4.78, 5) is 12.2. The van der Waals surface area contributed by atoms with Crippen molar-refractivity contribution < 1.29 is 24.5 Å². The van der Waals surface area contributed by atoms with E-state index >= 15 is 0 Å². The number of ether oxygens (including phenoxy) is 2. The zero-order valence-corrected chi connectivity index (χ0v) is 14.4. The number of hydrogen-bond acceptors (Lipinski definition) is 6. The van der Waals surface area contributed by atoms with Gasteiger partial charge in [0.25, 0.3) is 0 Å². The summed E-state index contributed by atoms with van der Waals surface area (Å²) in [7, 11) is 1.50. The SMILES string of the molecule is CCC(=O)c1ccc(OC)n2nc(C(O)/C(O)=C3\CCCCO3)cc12. The largest absolute Gasteiger partial charge is 0.506 e. The topological polar surface area (TPSA) is 93.3 Å². The van der Waals surface area contributed by atoms with Crippen molar-refractivity contribution in [1.29, 1.82) is 0 Å². The number of allylic oxidation sites excluding steroid dienone is 1. The minimum absolute atomic E-state index is 0.0354. The van der Waals surface area contributed by atoms with Gasteiger partial charge in [0, 0.05) is 24.5 Å². The molecule has 7 heteroatoms. The zero-order chi connectivity index (χ0) is 18.0. The molecule has 1 atom stereocenters. The molecule has 0 radical (unpaired) electrons. The predicted octanol–water partition coefficient (Wildman–Crippen LogP) is 2.94. The van der Waals surface area contributed by atoms with Crippen LogP contribution in [0.25, 0.3) is 5.52 Å². The number of aromatic nitrogens is 2. The standard InChI is InChI=1S/C18H22N2O5/c1-3-14(21)11-7-8-16(24-2)20-13(11)10-12(19-20)17(22)18(23)15-6-4-5-9-25-15/h7-8,10,17,22-23H,3-6,9H2,1-2H3/b18-15-. The van der Waals surface area contributed by atoms with E-state index in [9.17, 15) is 15.0 Å². The van der Waals surface area contributed by atoms with Gasteiger partial charge in [-0.05, 0) is 25.0 Å². The van der Waals surface area contributed by atoms with E-state index in [1.165, 1.54) is 11.6 Å². The normalized spacial score (nSPS) is 17.9. The van der Waals surface area contributed by atoms with Gasteiger partial charge in [0.05, 0.1) is 19.2 Å². The van der Waals surface area contributed by atoms with Crippen molar-refractivity contribution in [3.8, 4) is 5.88 Å². The Kier molecular flexibility index (Phi) is 4.94. The number of methoxy groups -OCH3 is 1. The Bertz CT molecular complexity index is 816. The first-order valence-corrected chi connectivity index (χ1v) is 8.39. The molecule has 0 bridgehead atoms. The summed E-state index contributed by atoms with van der Waals surface area (Å²) in [6.45, 7) is 2.31. The summed E-state index contributed by atoms with van der Waals surface area (Å²) in [6, 6.07) is 4.93. The molecule has 2 aromatic heterocycles. The Balaban J connectivity index is 2.06. The highest BCUT2D eigenvalue weighted by Gasteiger charge is 2.24. The van der Waals surface area contributed by atoms with Crippen LogP contribution in [0, 0.1) is 0 Å². The fourth-order valence-electron chi connectivity index (χ4n) is 2.93. The molecule has 134 valence electrons. The quantitative estimate of drug-likeness (QED) is 0.639. The van der Waals surface area contributed by atoms with Gasteiger partial charge < -0.3 is 19.7 Å². The number of ketones is 1. The lowest BCUT2D eigenvalue weighted by molar-refractivity contribution is 0.0989. The molecular weight excluding hydrogens is 324 g/mol. The molecule has 0 aromatic carbocycles. The molecule has 1 aliphatic rings. The van der Waals surface area contributed by atoms with Crippen molar-refractivity contribution >= 4 is 11.3 Å². The first-order valence-electron chi connectivity index (χ1n) is 8.39. The third kappa shape index (κ3) is 3.19. The van der Waals surface area contributed by atoms with Crippen molar-refractivity contribution in [2.45, 2.75) is 38.7 Å². The average molecular weight is 346 g/mol. The third-order valence-corrected chi connectivity index (χ3v) is 4.34. The van der Waals surface area contributed by atoms with E-state index in [0.29, 0.717) is 42.2 Å². The van der Waals surface area contributed by atoms with Gasteiger partial charge in [0.1, 0.15) is 11.5 Å². The van der Waals surface area contributed by atoms with E-state index in [0.717, 1.165) is 12.8 Å². The van der Waals surface area contributed by atoms with Gasteiger partial charge in [0.2, 0.25) is 5.88 Å². The van der Waals surface area contributed by atoms with Crippen LogP contribution in [-0.4, -0.2) is 39.3 Å².